The maximum Gasteiger partial charge on any atom is 0.305 e. The van der Waals surface area contributed by atoms with Crippen LogP contribution in [0.4, 0.5) is 0 Å². The standard InChI is InChI=1S/C21H19NO4S/c23-20(24)13-18(22-21(25)19-7-4-12-27-19)16-8-10-17(11-9-16)26-14-15-5-2-1-3-6-15/h1-12,18H,13-14H2,(H,22,25)(H,23,24)/t18-/m1/s1. The molecule has 3 aromatic rings. The van der Waals surface area contributed by atoms with Crippen molar-refractivity contribution in [3.8, 4) is 5.75 Å². The third kappa shape index (κ3) is 5.43. The minimum Gasteiger partial charge on any atom is -0.489 e. The number of carbonyl (C=O) groups excluding carboxylic acids is 1. The Morgan fingerprint density at radius 2 is 1.74 bits per heavy atom. The molecule has 0 aliphatic heterocycles. The molecular formula is C21H19NO4S. The molecule has 5 nitrogen and oxygen atoms in total. The first-order valence-electron chi connectivity index (χ1n) is 8.44. The molecule has 0 saturated carbocycles. The fraction of sp³-hybridized carbons (Fsp3) is 0.143. The van der Waals surface area contributed by atoms with Gasteiger partial charge in [0.15, 0.2) is 0 Å². The number of benzene rings is 2. The fourth-order valence-corrected chi connectivity index (χ4v) is 3.23. The highest BCUT2D eigenvalue weighted by Crippen LogP contribution is 2.22. The van der Waals surface area contributed by atoms with Crippen molar-refractivity contribution < 1.29 is 19.4 Å². The zero-order valence-electron chi connectivity index (χ0n) is 14.5. The smallest absolute Gasteiger partial charge is 0.305 e. The molecule has 1 atom stereocenters. The van der Waals surface area contributed by atoms with E-state index < -0.39 is 12.0 Å². The zero-order valence-corrected chi connectivity index (χ0v) is 15.3. The maximum absolute atomic E-state index is 12.3. The maximum atomic E-state index is 12.3. The number of aliphatic carboxylic acids is 1. The Morgan fingerprint density at radius 3 is 2.37 bits per heavy atom. The second-order valence-corrected chi connectivity index (χ2v) is 6.89. The third-order valence-electron chi connectivity index (χ3n) is 3.96. The van der Waals surface area contributed by atoms with E-state index in [1.165, 1.54) is 11.3 Å². The SMILES string of the molecule is O=C(O)C[C@@H](NC(=O)c1cccs1)c1ccc(OCc2ccccc2)cc1. The Morgan fingerprint density at radius 1 is 1.00 bits per heavy atom. The van der Waals surface area contributed by atoms with E-state index in [0.717, 1.165) is 11.1 Å². The highest BCUT2D eigenvalue weighted by molar-refractivity contribution is 7.12. The van der Waals surface area contributed by atoms with Crippen molar-refractivity contribution in [1.82, 2.24) is 5.32 Å². The number of nitrogens with one attached hydrogen (secondary N) is 1. The van der Waals surface area contributed by atoms with Crippen LogP contribution in [0.5, 0.6) is 5.75 Å². The van der Waals surface area contributed by atoms with Crippen LogP contribution in [0.1, 0.15) is 33.3 Å². The number of hydrogen-bond donors (Lipinski definition) is 2. The molecule has 0 aliphatic carbocycles. The minimum absolute atomic E-state index is 0.193. The Balaban J connectivity index is 1.67. The largest absolute Gasteiger partial charge is 0.489 e. The van der Waals surface area contributed by atoms with Gasteiger partial charge in [0.25, 0.3) is 5.91 Å². The highest BCUT2D eigenvalue weighted by atomic mass is 32.1. The number of carboxylic acid groups (broad SMARTS) is 1. The summed E-state index contributed by atoms with van der Waals surface area (Å²) >= 11 is 1.31. The summed E-state index contributed by atoms with van der Waals surface area (Å²) in [5, 5.41) is 13.8. The van der Waals surface area contributed by atoms with Gasteiger partial charge >= 0.3 is 5.97 Å². The van der Waals surface area contributed by atoms with E-state index in [2.05, 4.69) is 5.32 Å². The van der Waals surface area contributed by atoms with Gasteiger partial charge in [0, 0.05) is 0 Å². The van der Waals surface area contributed by atoms with E-state index in [-0.39, 0.29) is 12.3 Å². The van der Waals surface area contributed by atoms with Crippen LogP contribution in [0, 0.1) is 0 Å². The summed E-state index contributed by atoms with van der Waals surface area (Å²) in [5.74, 6) is -0.571. The predicted molar refractivity (Wildman–Crippen MR) is 104 cm³/mol. The summed E-state index contributed by atoms with van der Waals surface area (Å²) in [7, 11) is 0. The van der Waals surface area contributed by atoms with Crippen molar-refractivity contribution in [1.29, 1.82) is 0 Å². The molecule has 0 unspecified atom stereocenters. The van der Waals surface area contributed by atoms with E-state index in [1.54, 1.807) is 41.8 Å². The van der Waals surface area contributed by atoms with E-state index in [4.69, 9.17) is 4.74 Å². The quantitative estimate of drug-likeness (QED) is 0.611. The summed E-state index contributed by atoms with van der Waals surface area (Å²) < 4.78 is 5.75. The lowest BCUT2D eigenvalue weighted by Gasteiger charge is -2.17. The molecule has 0 radical (unpaired) electrons. The molecule has 0 bridgehead atoms. The second kappa shape index (κ2) is 9.00. The van der Waals surface area contributed by atoms with Crippen LogP contribution in [0.2, 0.25) is 0 Å². The van der Waals surface area contributed by atoms with Crippen molar-refractivity contribution in [2.45, 2.75) is 19.1 Å². The third-order valence-corrected chi connectivity index (χ3v) is 4.83. The first kappa shape index (κ1) is 18.7. The molecule has 0 fully saturated rings. The molecule has 2 aromatic carbocycles. The van der Waals surface area contributed by atoms with Crippen molar-refractivity contribution in [2.24, 2.45) is 0 Å². The Bertz CT molecular complexity index is 876. The van der Waals surface area contributed by atoms with Gasteiger partial charge in [-0.25, -0.2) is 0 Å². The van der Waals surface area contributed by atoms with Gasteiger partial charge in [0.05, 0.1) is 17.3 Å². The Kier molecular flexibility index (Phi) is 6.22. The number of amides is 1. The summed E-state index contributed by atoms with van der Waals surface area (Å²) in [6.45, 7) is 0.452. The number of hydrogen-bond acceptors (Lipinski definition) is 4. The van der Waals surface area contributed by atoms with Gasteiger partial charge in [-0.05, 0) is 34.7 Å². The van der Waals surface area contributed by atoms with E-state index in [0.29, 0.717) is 17.2 Å². The van der Waals surface area contributed by atoms with Gasteiger partial charge < -0.3 is 15.2 Å². The topological polar surface area (TPSA) is 75.6 Å². The number of thiophene rings is 1. The van der Waals surface area contributed by atoms with E-state index in [1.807, 2.05) is 30.3 Å². The van der Waals surface area contributed by atoms with Crippen molar-refractivity contribution in [2.75, 3.05) is 0 Å². The molecule has 2 N–H and O–H groups in total. The normalized spacial score (nSPS) is 11.6. The Labute approximate surface area is 161 Å². The first-order chi connectivity index (χ1) is 13.1. The molecule has 1 heterocycles. The van der Waals surface area contributed by atoms with Gasteiger partial charge in [-0.2, -0.15) is 0 Å². The lowest BCUT2D eigenvalue weighted by atomic mass is 10.0. The van der Waals surface area contributed by atoms with Gasteiger partial charge in [0.2, 0.25) is 0 Å². The minimum atomic E-state index is -0.976. The van der Waals surface area contributed by atoms with Gasteiger partial charge in [0.1, 0.15) is 12.4 Å². The fourth-order valence-electron chi connectivity index (χ4n) is 2.60. The van der Waals surface area contributed by atoms with E-state index in [9.17, 15) is 14.7 Å². The summed E-state index contributed by atoms with van der Waals surface area (Å²) in [4.78, 5) is 24.0. The van der Waals surface area contributed by atoms with Crippen LogP contribution in [-0.4, -0.2) is 17.0 Å². The number of carbonyl (C=O) groups is 2. The average molecular weight is 381 g/mol. The van der Waals surface area contributed by atoms with E-state index >= 15 is 0 Å². The average Bonchev–Trinajstić information content (AvgIpc) is 3.22. The number of carboxylic acids is 1. The van der Waals surface area contributed by atoms with Crippen molar-refractivity contribution >= 4 is 23.2 Å². The number of ether oxygens (including phenoxy) is 1. The first-order valence-corrected chi connectivity index (χ1v) is 9.32. The van der Waals surface area contributed by atoms with Crippen LogP contribution in [-0.2, 0) is 11.4 Å². The monoisotopic (exact) mass is 381 g/mol. The van der Waals surface area contributed by atoms with Crippen LogP contribution >= 0.6 is 11.3 Å². The zero-order chi connectivity index (χ0) is 19.1. The van der Waals surface area contributed by atoms with Gasteiger partial charge in [-0.1, -0.05) is 48.5 Å². The molecule has 3 rings (SSSR count). The Hall–Kier alpha value is -3.12. The highest BCUT2D eigenvalue weighted by Gasteiger charge is 2.19. The van der Waals surface area contributed by atoms with Crippen molar-refractivity contribution in [3.05, 3.63) is 88.1 Å². The predicted octanol–water partition coefficient (Wildman–Crippen LogP) is 4.27. The molecule has 0 aliphatic rings. The summed E-state index contributed by atoms with van der Waals surface area (Å²) in [6, 6.07) is 19.8. The molecule has 6 heteroatoms. The molecule has 138 valence electrons. The number of rotatable bonds is 8. The van der Waals surface area contributed by atoms with Crippen LogP contribution in [0.3, 0.4) is 0 Å². The second-order valence-electron chi connectivity index (χ2n) is 5.94. The lowest BCUT2D eigenvalue weighted by molar-refractivity contribution is -0.137. The van der Waals surface area contributed by atoms with Gasteiger partial charge in [-0.3, -0.25) is 9.59 Å². The summed E-state index contributed by atoms with van der Waals surface area (Å²) in [6.07, 6.45) is -0.193. The molecule has 1 aromatic heterocycles. The molecule has 0 spiro atoms. The lowest BCUT2D eigenvalue weighted by Crippen LogP contribution is -2.29. The molecule has 27 heavy (non-hydrogen) atoms. The van der Waals surface area contributed by atoms with Crippen LogP contribution in [0.25, 0.3) is 0 Å². The molecular weight excluding hydrogens is 362 g/mol. The van der Waals surface area contributed by atoms with Crippen LogP contribution < -0.4 is 10.1 Å². The summed E-state index contributed by atoms with van der Waals surface area (Å²) in [5.41, 5.74) is 1.78. The molecule has 1 amide bonds. The van der Waals surface area contributed by atoms with Crippen molar-refractivity contribution in [3.63, 3.8) is 0 Å². The van der Waals surface area contributed by atoms with Gasteiger partial charge in [-0.15, -0.1) is 11.3 Å². The van der Waals surface area contributed by atoms with Crippen LogP contribution in [0.15, 0.2) is 72.1 Å². The molecule has 0 saturated heterocycles.